The SMILES string of the molecule is CC(=O)CC1CC(C)CC(NC(=O)C(CC(=O)CN)Cc2ccccc2)C1=O. The van der Waals surface area contributed by atoms with Crippen LogP contribution in [0.3, 0.4) is 0 Å². The maximum absolute atomic E-state index is 12.9. The summed E-state index contributed by atoms with van der Waals surface area (Å²) in [5.41, 5.74) is 6.38. The number of carbonyl (C=O) groups excluding carboxylic acids is 4. The molecule has 1 aromatic carbocycles. The zero-order chi connectivity index (χ0) is 20.7. The second-order valence-electron chi connectivity index (χ2n) is 7.98. The number of hydrogen-bond acceptors (Lipinski definition) is 5. The van der Waals surface area contributed by atoms with Crippen molar-refractivity contribution in [3.05, 3.63) is 35.9 Å². The van der Waals surface area contributed by atoms with Crippen molar-refractivity contribution >= 4 is 23.3 Å². The summed E-state index contributed by atoms with van der Waals surface area (Å²) in [5.74, 6) is -1.27. The number of rotatable bonds is 9. The number of hydrogen-bond donors (Lipinski definition) is 2. The second-order valence-corrected chi connectivity index (χ2v) is 7.98. The standard InChI is InChI=1S/C22H30N2O4/c1-14-8-17(10-15(2)25)21(27)20(9-14)24-22(28)18(12-19(26)13-23)11-16-6-4-3-5-7-16/h3-7,14,17-18,20H,8-13,23H2,1-2H3,(H,24,28). The molecule has 1 aliphatic carbocycles. The Morgan fingerprint density at radius 3 is 2.46 bits per heavy atom. The summed E-state index contributed by atoms with van der Waals surface area (Å²) in [6.45, 7) is 3.39. The van der Waals surface area contributed by atoms with Gasteiger partial charge in [-0.05, 0) is 37.7 Å². The zero-order valence-corrected chi connectivity index (χ0v) is 16.6. The van der Waals surface area contributed by atoms with Gasteiger partial charge in [-0.3, -0.25) is 14.4 Å². The second kappa shape index (κ2) is 10.3. The Balaban J connectivity index is 2.10. The summed E-state index contributed by atoms with van der Waals surface area (Å²) >= 11 is 0. The maximum Gasteiger partial charge on any atom is 0.224 e. The van der Waals surface area contributed by atoms with E-state index in [4.69, 9.17) is 5.73 Å². The number of carbonyl (C=O) groups is 4. The van der Waals surface area contributed by atoms with E-state index in [1.54, 1.807) is 0 Å². The lowest BCUT2D eigenvalue weighted by Crippen LogP contribution is -2.50. The van der Waals surface area contributed by atoms with Crippen LogP contribution in [-0.4, -0.2) is 35.8 Å². The van der Waals surface area contributed by atoms with Gasteiger partial charge in [-0.1, -0.05) is 37.3 Å². The summed E-state index contributed by atoms with van der Waals surface area (Å²) in [4.78, 5) is 49.0. The van der Waals surface area contributed by atoms with Crippen LogP contribution in [0.15, 0.2) is 30.3 Å². The number of benzene rings is 1. The first-order chi connectivity index (χ1) is 13.3. The first-order valence-corrected chi connectivity index (χ1v) is 9.89. The van der Waals surface area contributed by atoms with Crippen molar-refractivity contribution < 1.29 is 19.2 Å². The molecule has 3 N–H and O–H groups in total. The van der Waals surface area contributed by atoms with Gasteiger partial charge in [-0.2, -0.15) is 0 Å². The number of ketones is 3. The lowest BCUT2D eigenvalue weighted by atomic mass is 9.76. The van der Waals surface area contributed by atoms with E-state index >= 15 is 0 Å². The summed E-state index contributed by atoms with van der Waals surface area (Å²) in [6.07, 6.45) is 1.90. The first-order valence-electron chi connectivity index (χ1n) is 9.89. The highest BCUT2D eigenvalue weighted by Crippen LogP contribution is 2.29. The summed E-state index contributed by atoms with van der Waals surface area (Å²) in [7, 11) is 0. The van der Waals surface area contributed by atoms with Crippen LogP contribution in [0.2, 0.25) is 0 Å². The van der Waals surface area contributed by atoms with Crippen LogP contribution in [0.5, 0.6) is 0 Å². The molecule has 1 aromatic rings. The summed E-state index contributed by atoms with van der Waals surface area (Å²) in [6, 6.07) is 8.86. The zero-order valence-electron chi connectivity index (χ0n) is 16.6. The van der Waals surface area contributed by atoms with E-state index in [1.807, 2.05) is 37.3 Å². The Hall–Kier alpha value is -2.34. The van der Waals surface area contributed by atoms with Crippen molar-refractivity contribution in [1.82, 2.24) is 5.32 Å². The number of amides is 1. The molecular weight excluding hydrogens is 356 g/mol. The average Bonchev–Trinajstić information content (AvgIpc) is 2.65. The van der Waals surface area contributed by atoms with E-state index in [2.05, 4.69) is 5.32 Å². The van der Waals surface area contributed by atoms with Crippen LogP contribution < -0.4 is 11.1 Å². The van der Waals surface area contributed by atoms with Gasteiger partial charge in [0.25, 0.3) is 0 Å². The molecule has 1 aliphatic rings. The minimum Gasteiger partial charge on any atom is -0.346 e. The van der Waals surface area contributed by atoms with Gasteiger partial charge in [-0.15, -0.1) is 0 Å². The van der Waals surface area contributed by atoms with E-state index in [-0.39, 0.29) is 54.5 Å². The molecule has 4 atom stereocenters. The topological polar surface area (TPSA) is 106 Å². The van der Waals surface area contributed by atoms with Crippen LogP contribution in [0.1, 0.15) is 45.1 Å². The Morgan fingerprint density at radius 1 is 1.18 bits per heavy atom. The van der Waals surface area contributed by atoms with E-state index < -0.39 is 12.0 Å². The molecule has 1 fully saturated rings. The predicted octanol–water partition coefficient (Wildman–Crippen LogP) is 1.84. The quantitative estimate of drug-likeness (QED) is 0.673. The number of nitrogens with one attached hydrogen (secondary N) is 1. The molecule has 0 spiro atoms. The fraction of sp³-hybridized carbons (Fsp3) is 0.545. The largest absolute Gasteiger partial charge is 0.346 e. The van der Waals surface area contributed by atoms with Gasteiger partial charge in [-0.25, -0.2) is 0 Å². The van der Waals surface area contributed by atoms with E-state index in [0.717, 1.165) is 5.56 Å². The van der Waals surface area contributed by atoms with Gasteiger partial charge < -0.3 is 15.8 Å². The van der Waals surface area contributed by atoms with Gasteiger partial charge in [0.1, 0.15) is 11.6 Å². The molecule has 0 aromatic heterocycles. The van der Waals surface area contributed by atoms with Crippen LogP contribution >= 0.6 is 0 Å². The van der Waals surface area contributed by atoms with Gasteiger partial charge in [0.05, 0.1) is 12.6 Å². The first kappa shape index (κ1) is 22.0. The van der Waals surface area contributed by atoms with Crippen molar-refractivity contribution in [2.45, 2.75) is 52.0 Å². The lowest BCUT2D eigenvalue weighted by Gasteiger charge is -2.33. The number of Topliss-reactive ketones (excluding diaryl/α,β-unsaturated/α-hetero) is 3. The van der Waals surface area contributed by atoms with Gasteiger partial charge in [0.2, 0.25) is 5.91 Å². The fourth-order valence-electron chi connectivity index (χ4n) is 3.97. The Labute approximate surface area is 166 Å². The van der Waals surface area contributed by atoms with Crippen LogP contribution in [0.4, 0.5) is 0 Å². The third-order valence-electron chi connectivity index (χ3n) is 5.32. The minimum absolute atomic E-state index is 0.0203. The molecule has 0 bridgehead atoms. The molecule has 1 saturated carbocycles. The summed E-state index contributed by atoms with van der Waals surface area (Å²) in [5, 5.41) is 2.86. The van der Waals surface area contributed by atoms with Crippen molar-refractivity contribution in [2.75, 3.05) is 6.54 Å². The fourth-order valence-corrected chi connectivity index (χ4v) is 3.97. The number of nitrogens with two attached hydrogens (primary N) is 1. The van der Waals surface area contributed by atoms with E-state index in [0.29, 0.717) is 19.3 Å². The molecule has 4 unspecified atom stereocenters. The third-order valence-corrected chi connectivity index (χ3v) is 5.32. The highest BCUT2D eigenvalue weighted by molar-refractivity contribution is 5.95. The van der Waals surface area contributed by atoms with Gasteiger partial charge >= 0.3 is 0 Å². The Bertz CT molecular complexity index is 717. The van der Waals surface area contributed by atoms with Crippen LogP contribution in [0, 0.1) is 17.8 Å². The molecule has 28 heavy (non-hydrogen) atoms. The van der Waals surface area contributed by atoms with Crippen molar-refractivity contribution in [1.29, 1.82) is 0 Å². The molecule has 0 radical (unpaired) electrons. The molecule has 2 rings (SSSR count). The maximum atomic E-state index is 12.9. The van der Waals surface area contributed by atoms with Crippen LogP contribution in [0.25, 0.3) is 0 Å². The molecule has 0 aliphatic heterocycles. The molecule has 6 heteroatoms. The molecule has 6 nitrogen and oxygen atoms in total. The van der Waals surface area contributed by atoms with Crippen molar-refractivity contribution in [2.24, 2.45) is 23.5 Å². The molecular formula is C22H30N2O4. The Morgan fingerprint density at radius 2 is 1.86 bits per heavy atom. The van der Waals surface area contributed by atoms with Crippen molar-refractivity contribution in [3.63, 3.8) is 0 Å². The normalized spacial score (nSPS) is 23.1. The third kappa shape index (κ3) is 6.37. The van der Waals surface area contributed by atoms with Crippen molar-refractivity contribution in [3.8, 4) is 0 Å². The molecule has 0 heterocycles. The summed E-state index contributed by atoms with van der Waals surface area (Å²) < 4.78 is 0. The predicted molar refractivity (Wildman–Crippen MR) is 106 cm³/mol. The highest BCUT2D eigenvalue weighted by atomic mass is 16.2. The molecule has 1 amide bonds. The monoisotopic (exact) mass is 386 g/mol. The van der Waals surface area contributed by atoms with E-state index in [9.17, 15) is 19.2 Å². The van der Waals surface area contributed by atoms with E-state index in [1.165, 1.54) is 6.92 Å². The van der Waals surface area contributed by atoms with Gasteiger partial charge in [0.15, 0.2) is 5.78 Å². The molecule has 0 saturated heterocycles. The highest BCUT2D eigenvalue weighted by Gasteiger charge is 2.37. The minimum atomic E-state index is -0.605. The van der Waals surface area contributed by atoms with Crippen LogP contribution in [-0.2, 0) is 25.6 Å². The Kier molecular flexibility index (Phi) is 8.05. The lowest BCUT2D eigenvalue weighted by molar-refractivity contribution is -0.136. The molecule has 152 valence electrons. The average molecular weight is 386 g/mol. The van der Waals surface area contributed by atoms with Gasteiger partial charge in [0, 0.05) is 24.7 Å². The smallest absolute Gasteiger partial charge is 0.224 e.